The number of carbonyl (C=O) groups is 1. The number of amides is 1. The van der Waals surface area contributed by atoms with E-state index in [1.54, 1.807) is 23.1 Å². The van der Waals surface area contributed by atoms with Gasteiger partial charge < -0.3 is 15.3 Å². The number of benzene rings is 1. The van der Waals surface area contributed by atoms with Crippen molar-refractivity contribution in [2.75, 3.05) is 23.3 Å². The molecule has 0 radical (unpaired) electrons. The first-order chi connectivity index (χ1) is 16.2. The molecule has 34 heavy (non-hydrogen) atoms. The van der Waals surface area contributed by atoms with E-state index in [-0.39, 0.29) is 17.4 Å². The molecule has 1 amide bonds. The van der Waals surface area contributed by atoms with E-state index >= 15 is 0 Å². The zero-order valence-electron chi connectivity index (χ0n) is 20.0. The van der Waals surface area contributed by atoms with E-state index in [1.807, 2.05) is 24.0 Å². The fraction of sp³-hybridized carbons (Fsp3) is 0.385. The standard InChI is InChI=1S/C26H30N6O2/c1-17-23(16-29-32(17)21-7-5-19(6-8-21)26(2,3)4)25(34)30-20-13-18(14-27)24(28-15-20)31-11-9-22(33)10-12-31/h5-8,13,15-16,22,33H,9-12H2,1-4H3,(H,30,34). The van der Waals surface area contributed by atoms with Gasteiger partial charge in [0.25, 0.3) is 5.91 Å². The molecule has 0 aliphatic carbocycles. The van der Waals surface area contributed by atoms with E-state index in [2.05, 4.69) is 54.4 Å². The van der Waals surface area contributed by atoms with Gasteiger partial charge in [-0.05, 0) is 48.9 Å². The lowest BCUT2D eigenvalue weighted by molar-refractivity contribution is 0.102. The second-order valence-corrected chi connectivity index (χ2v) is 9.73. The molecule has 3 heterocycles. The largest absolute Gasteiger partial charge is 0.393 e. The van der Waals surface area contributed by atoms with Crippen LogP contribution in [0, 0.1) is 18.3 Å². The van der Waals surface area contributed by atoms with Gasteiger partial charge in [0.15, 0.2) is 0 Å². The predicted octanol–water partition coefficient (Wildman–Crippen LogP) is 3.96. The lowest BCUT2D eigenvalue weighted by atomic mass is 9.87. The number of nitriles is 1. The Morgan fingerprint density at radius 1 is 1.18 bits per heavy atom. The fourth-order valence-electron chi connectivity index (χ4n) is 4.13. The minimum atomic E-state index is -0.311. The highest BCUT2D eigenvalue weighted by atomic mass is 16.3. The highest BCUT2D eigenvalue weighted by molar-refractivity contribution is 6.05. The molecule has 2 N–H and O–H groups in total. The van der Waals surface area contributed by atoms with Gasteiger partial charge in [0.05, 0.1) is 46.7 Å². The second-order valence-electron chi connectivity index (χ2n) is 9.73. The summed E-state index contributed by atoms with van der Waals surface area (Å²) in [5.74, 6) is 0.268. The first-order valence-electron chi connectivity index (χ1n) is 11.5. The number of anilines is 2. The van der Waals surface area contributed by atoms with Gasteiger partial charge in [-0.25, -0.2) is 9.67 Å². The maximum absolute atomic E-state index is 13.0. The molecule has 176 valence electrons. The summed E-state index contributed by atoms with van der Waals surface area (Å²) in [6.45, 7) is 9.64. The van der Waals surface area contributed by atoms with Crippen molar-refractivity contribution in [3.8, 4) is 11.8 Å². The zero-order valence-corrected chi connectivity index (χ0v) is 20.0. The summed E-state index contributed by atoms with van der Waals surface area (Å²) in [6, 6.07) is 12.0. The van der Waals surface area contributed by atoms with Gasteiger partial charge in [-0.2, -0.15) is 10.4 Å². The summed E-state index contributed by atoms with van der Waals surface area (Å²) >= 11 is 0. The van der Waals surface area contributed by atoms with Crippen LogP contribution < -0.4 is 10.2 Å². The number of aliphatic hydroxyl groups excluding tert-OH is 1. The molecule has 8 heteroatoms. The molecule has 0 bridgehead atoms. The summed E-state index contributed by atoms with van der Waals surface area (Å²) in [5, 5.41) is 26.6. The van der Waals surface area contributed by atoms with E-state index in [1.165, 1.54) is 5.56 Å². The molecule has 1 aliphatic rings. The number of piperidine rings is 1. The molecule has 0 unspecified atom stereocenters. The van der Waals surface area contributed by atoms with Crippen LogP contribution in [0.2, 0.25) is 0 Å². The monoisotopic (exact) mass is 458 g/mol. The number of aliphatic hydroxyl groups is 1. The Bertz CT molecular complexity index is 1230. The SMILES string of the molecule is Cc1c(C(=O)Nc2cnc(N3CCC(O)CC3)c(C#N)c2)cnn1-c1ccc(C(C)(C)C)cc1. The van der Waals surface area contributed by atoms with Crippen LogP contribution in [-0.2, 0) is 5.41 Å². The third-order valence-electron chi connectivity index (χ3n) is 6.24. The molecule has 8 nitrogen and oxygen atoms in total. The van der Waals surface area contributed by atoms with Crippen molar-refractivity contribution in [1.29, 1.82) is 5.26 Å². The summed E-state index contributed by atoms with van der Waals surface area (Å²) in [6.07, 6.45) is 4.10. The van der Waals surface area contributed by atoms with E-state index < -0.39 is 0 Å². The van der Waals surface area contributed by atoms with Crippen molar-refractivity contribution in [1.82, 2.24) is 14.8 Å². The highest BCUT2D eigenvalue weighted by Gasteiger charge is 2.22. The van der Waals surface area contributed by atoms with Crippen LogP contribution >= 0.6 is 0 Å². The maximum atomic E-state index is 13.0. The average molecular weight is 459 g/mol. The van der Waals surface area contributed by atoms with Crippen LogP contribution in [0.5, 0.6) is 0 Å². The number of rotatable bonds is 4. The van der Waals surface area contributed by atoms with Gasteiger partial charge >= 0.3 is 0 Å². The molecule has 1 fully saturated rings. The number of aromatic nitrogens is 3. The van der Waals surface area contributed by atoms with Crippen molar-refractivity contribution in [2.24, 2.45) is 0 Å². The molecule has 2 aromatic heterocycles. The van der Waals surface area contributed by atoms with Gasteiger partial charge in [-0.3, -0.25) is 4.79 Å². The van der Waals surface area contributed by atoms with Crippen molar-refractivity contribution >= 4 is 17.4 Å². The lowest BCUT2D eigenvalue weighted by Crippen LogP contribution is -2.36. The minimum absolute atomic E-state index is 0.0594. The number of hydrogen-bond acceptors (Lipinski definition) is 6. The quantitative estimate of drug-likeness (QED) is 0.613. The Morgan fingerprint density at radius 2 is 1.85 bits per heavy atom. The van der Waals surface area contributed by atoms with E-state index in [0.29, 0.717) is 48.6 Å². The Labute approximate surface area is 199 Å². The molecule has 3 aromatic rings. The van der Waals surface area contributed by atoms with Gasteiger partial charge in [0, 0.05) is 13.1 Å². The van der Waals surface area contributed by atoms with Crippen molar-refractivity contribution in [2.45, 2.75) is 52.1 Å². The Hall–Kier alpha value is -3.70. The van der Waals surface area contributed by atoms with E-state index in [0.717, 1.165) is 11.4 Å². The minimum Gasteiger partial charge on any atom is -0.393 e. The molecule has 1 saturated heterocycles. The third kappa shape index (κ3) is 4.80. The van der Waals surface area contributed by atoms with Crippen molar-refractivity contribution in [3.63, 3.8) is 0 Å². The van der Waals surface area contributed by atoms with Crippen LogP contribution in [-0.4, -0.2) is 45.0 Å². The van der Waals surface area contributed by atoms with Crippen LogP contribution in [0.15, 0.2) is 42.7 Å². The summed E-state index contributed by atoms with van der Waals surface area (Å²) < 4.78 is 1.74. The number of nitrogens with zero attached hydrogens (tertiary/aromatic N) is 5. The fourth-order valence-corrected chi connectivity index (χ4v) is 4.13. The van der Waals surface area contributed by atoms with E-state index in [4.69, 9.17) is 0 Å². The molecule has 0 atom stereocenters. The first-order valence-corrected chi connectivity index (χ1v) is 11.5. The van der Waals surface area contributed by atoms with Gasteiger partial charge in [-0.1, -0.05) is 32.9 Å². The van der Waals surface area contributed by atoms with Gasteiger partial charge in [0.2, 0.25) is 0 Å². The topological polar surface area (TPSA) is 107 Å². The zero-order chi connectivity index (χ0) is 24.5. The Kier molecular flexibility index (Phi) is 6.40. The number of hydrogen-bond donors (Lipinski definition) is 2. The third-order valence-corrected chi connectivity index (χ3v) is 6.24. The second kappa shape index (κ2) is 9.27. The smallest absolute Gasteiger partial charge is 0.259 e. The molecule has 4 rings (SSSR count). The molecule has 0 saturated carbocycles. The Balaban J connectivity index is 1.51. The average Bonchev–Trinajstić information content (AvgIpc) is 3.20. The van der Waals surface area contributed by atoms with Crippen LogP contribution in [0.4, 0.5) is 11.5 Å². The van der Waals surface area contributed by atoms with E-state index in [9.17, 15) is 15.2 Å². The van der Waals surface area contributed by atoms with Crippen molar-refractivity contribution < 1.29 is 9.90 Å². The number of nitrogens with one attached hydrogen (secondary N) is 1. The maximum Gasteiger partial charge on any atom is 0.259 e. The molecule has 1 aromatic carbocycles. The van der Waals surface area contributed by atoms with Crippen LogP contribution in [0.1, 0.15) is 60.8 Å². The van der Waals surface area contributed by atoms with Crippen LogP contribution in [0.25, 0.3) is 5.69 Å². The number of pyridine rings is 1. The number of carbonyl (C=O) groups excluding carboxylic acids is 1. The molecule has 0 spiro atoms. The molecule has 1 aliphatic heterocycles. The molecular weight excluding hydrogens is 428 g/mol. The summed E-state index contributed by atoms with van der Waals surface area (Å²) in [7, 11) is 0. The van der Waals surface area contributed by atoms with Gasteiger partial charge in [-0.15, -0.1) is 0 Å². The summed E-state index contributed by atoms with van der Waals surface area (Å²) in [5.41, 5.74) is 4.18. The van der Waals surface area contributed by atoms with Crippen molar-refractivity contribution in [3.05, 3.63) is 65.1 Å². The van der Waals surface area contributed by atoms with Crippen LogP contribution in [0.3, 0.4) is 0 Å². The summed E-state index contributed by atoms with van der Waals surface area (Å²) in [4.78, 5) is 19.4. The highest BCUT2D eigenvalue weighted by Crippen LogP contribution is 2.26. The van der Waals surface area contributed by atoms with Gasteiger partial charge in [0.1, 0.15) is 11.9 Å². The first kappa shape index (κ1) is 23.5. The normalized spacial score (nSPS) is 14.6. The Morgan fingerprint density at radius 3 is 2.47 bits per heavy atom. The lowest BCUT2D eigenvalue weighted by Gasteiger charge is -2.31. The molecular formula is C26H30N6O2. The predicted molar refractivity (Wildman–Crippen MR) is 131 cm³/mol.